The maximum absolute atomic E-state index is 13.7. The predicted octanol–water partition coefficient (Wildman–Crippen LogP) is 3.68. The number of halogens is 3. The fourth-order valence-corrected chi connectivity index (χ4v) is 1.88. The van der Waals surface area contributed by atoms with Crippen LogP contribution in [0.2, 0.25) is 5.02 Å². The van der Waals surface area contributed by atoms with Gasteiger partial charge in [0.25, 0.3) is 0 Å². The highest BCUT2D eigenvalue weighted by atomic mass is 79.9. The minimum absolute atomic E-state index is 0.349. The molecule has 1 aromatic heterocycles. The smallest absolute Gasteiger partial charge is 0.129 e. The first-order valence-corrected chi connectivity index (χ1v) is 6.07. The summed E-state index contributed by atoms with van der Waals surface area (Å²) in [6.07, 6.45) is 1.63. The van der Waals surface area contributed by atoms with Crippen molar-refractivity contribution in [3.63, 3.8) is 0 Å². The molecule has 17 heavy (non-hydrogen) atoms. The van der Waals surface area contributed by atoms with Crippen LogP contribution in [-0.2, 0) is 0 Å². The summed E-state index contributed by atoms with van der Waals surface area (Å²) in [6.45, 7) is 0. The monoisotopic (exact) mass is 314 g/mol. The lowest BCUT2D eigenvalue weighted by Gasteiger charge is -2.12. The predicted molar refractivity (Wildman–Crippen MR) is 69.4 cm³/mol. The minimum Gasteiger partial charge on any atom is -0.319 e. The van der Waals surface area contributed by atoms with Gasteiger partial charge in [-0.05, 0) is 40.2 Å². The first kappa shape index (κ1) is 12.5. The van der Waals surface area contributed by atoms with Gasteiger partial charge in [0.15, 0.2) is 0 Å². The van der Waals surface area contributed by atoms with Gasteiger partial charge in [0.1, 0.15) is 5.82 Å². The van der Waals surface area contributed by atoms with E-state index < -0.39 is 11.9 Å². The van der Waals surface area contributed by atoms with Crippen molar-refractivity contribution >= 4 is 27.5 Å². The molecule has 2 rings (SSSR count). The van der Waals surface area contributed by atoms with E-state index in [0.717, 1.165) is 4.47 Å². The van der Waals surface area contributed by atoms with Crippen molar-refractivity contribution in [2.24, 2.45) is 5.73 Å². The summed E-state index contributed by atoms with van der Waals surface area (Å²) in [5.74, 6) is -0.422. The van der Waals surface area contributed by atoms with Gasteiger partial charge in [-0.15, -0.1) is 0 Å². The van der Waals surface area contributed by atoms with Gasteiger partial charge in [0, 0.05) is 21.3 Å². The van der Waals surface area contributed by atoms with Crippen LogP contribution < -0.4 is 5.73 Å². The van der Waals surface area contributed by atoms with E-state index in [1.807, 2.05) is 6.07 Å². The van der Waals surface area contributed by atoms with Gasteiger partial charge < -0.3 is 5.73 Å². The van der Waals surface area contributed by atoms with Gasteiger partial charge in [0.2, 0.25) is 0 Å². The van der Waals surface area contributed by atoms with E-state index in [4.69, 9.17) is 17.3 Å². The van der Waals surface area contributed by atoms with Crippen LogP contribution in [0.5, 0.6) is 0 Å². The standard InChI is InChI=1S/C12H9BrClFN2/c13-7-1-4-11(17-6-7)12(16)9-3-2-8(14)5-10(9)15/h1-6,12H,16H2. The number of rotatable bonds is 2. The molecular weight excluding hydrogens is 307 g/mol. The maximum atomic E-state index is 13.7. The van der Waals surface area contributed by atoms with Gasteiger partial charge in [-0.3, -0.25) is 4.98 Å². The molecule has 1 heterocycles. The largest absolute Gasteiger partial charge is 0.319 e. The molecule has 0 aliphatic carbocycles. The normalized spacial score (nSPS) is 12.5. The van der Waals surface area contributed by atoms with Crippen LogP contribution in [0.25, 0.3) is 0 Å². The molecule has 2 N–H and O–H groups in total. The molecule has 1 aromatic carbocycles. The highest BCUT2D eigenvalue weighted by molar-refractivity contribution is 9.10. The van der Waals surface area contributed by atoms with Crippen LogP contribution in [0, 0.1) is 5.82 Å². The van der Waals surface area contributed by atoms with Crippen LogP contribution in [-0.4, -0.2) is 4.98 Å². The molecule has 0 aliphatic heterocycles. The molecule has 88 valence electrons. The Kier molecular flexibility index (Phi) is 3.76. The van der Waals surface area contributed by atoms with Crippen LogP contribution in [0.1, 0.15) is 17.3 Å². The van der Waals surface area contributed by atoms with E-state index in [2.05, 4.69) is 20.9 Å². The summed E-state index contributed by atoms with van der Waals surface area (Å²) in [6, 6.07) is 7.40. The second-order valence-corrected chi connectivity index (χ2v) is 4.90. The summed E-state index contributed by atoms with van der Waals surface area (Å²) in [7, 11) is 0. The molecule has 2 nitrogen and oxygen atoms in total. The second kappa shape index (κ2) is 5.12. The third-order valence-electron chi connectivity index (χ3n) is 2.37. The van der Waals surface area contributed by atoms with Crippen LogP contribution in [0.4, 0.5) is 4.39 Å². The zero-order chi connectivity index (χ0) is 12.4. The zero-order valence-electron chi connectivity index (χ0n) is 8.70. The zero-order valence-corrected chi connectivity index (χ0v) is 11.0. The molecule has 0 aliphatic rings. The lowest BCUT2D eigenvalue weighted by Crippen LogP contribution is -2.15. The Labute approximate surface area is 112 Å². The Morgan fingerprint density at radius 1 is 1.29 bits per heavy atom. The second-order valence-electron chi connectivity index (χ2n) is 3.54. The van der Waals surface area contributed by atoms with Gasteiger partial charge >= 0.3 is 0 Å². The Bertz CT molecular complexity index is 531. The van der Waals surface area contributed by atoms with Crippen molar-refractivity contribution in [1.29, 1.82) is 0 Å². The number of nitrogens with two attached hydrogens (primary N) is 1. The Morgan fingerprint density at radius 3 is 2.65 bits per heavy atom. The number of hydrogen-bond donors (Lipinski definition) is 1. The average Bonchev–Trinajstić information content (AvgIpc) is 2.29. The van der Waals surface area contributed by atoms with E-state index in [9.17, 15) is 4.39 Å². The number of aromatic nitrogens is 1. The first-order chi connectivity index (χ1) is 8.08. The first-order valence-electron chi connectivity index (χ1n) is 4.90. The van der Waals surface area contributed by atoms with E-state index >= 15 is 0 Å². The molecule has 0 amide bonds. The summed E-state index contributed by atoms with van der Waals surface area (Å²) in [5, 5.41) is 0.349. The van der Waals surface area contributed by atoms with E-state index in [1.165, 1.54) is 6.07 Å². The van der Waals surface area contributed by atoms with Crippen molar-refractivity contribution in [3.8, 4) is 0 Å². The maximum Gasteiger partial charge on any atom is 0.129 e. The highest BCUT2D eigenvalue weighted by Gasteiger charge is 2.14. The van der Waals surface area contributed by atoms with Crippen molar-refractivity contribution in [2.45, 2.75) is 6.04 Å². The minimum atomic E-state index is -0.597. The van der Waals surface area contributed by atoms with Gasteiger partial charge in [-0.1, -0.05) is 17.7 Å². The molecule has 1 atom stereocenters. The summed E-state index contributed by atoms with van der Waals surface area (Å²) < 4.78 is 14.5. The van der Waals surface area contributed by atoms with Crippen LogP contribution in [0.15, 0.2) is 41.0 Å². The molecule has 2 aromatic rings. The van der Waals surface area contributed by atoms with Crippen molar-refractivity contribution < 1.29 is 4.39 Å². The van der Waals surface area contributed by atoms with Crippen molar-refractivity contribution in [2.75, 3.05) is 0 Å². The SMILES string of the molecule is NC(c1ccc(Br)cn1)c1ccc(Cl)cc1F. The summed E-state index contributed by atoms with van der Waals surface area (Å²) >= 11 is 8.97. The van der Waals surface area contributed by atoms with Crippen molar-refractivity contribution in [3.05, 3.63) is 63.1 Å². The Morgan fingerprint density at radius 2 is 2.06 bits per heavy atom. The average molecular weight is 316 g/mol. The summed E-state index contributed by atoms with van der Waals surface area (Å²) in [5.41, 5.74) is 6.94. The number of benzene rings is 1. The quantitative estimate of drug-likeness (QED) is 0.918. The van der Waals surface area contributed by atoms with Crippen molar-refractivity contribution in [1.82, 2.24) is 4.98 Å². The molecule has 0 fully saturated rings. The molecule has 1 unspecified atom stereocenters. The molecule has 0 spiro atoms. The molecule has 0 bridgehead atoms. The molecule has 5 heteroatoms. The van der Waals surface area contributed by atoms with Gasteiger partial charge in [0.05, 0.1) is 11.7 Å². The Hall–Kier alpha value is -0.970. The highest BCUT2D eigenvalue weighted by Crippen LogP contribution is 2.23. The molecule has 0 saturated heterocycles. The molecule has 0 saturated carbocycles. The van der Waals surface area contributed by atoms with E-state index in [0.29, 0.717) is 16.3 Å². The fraction of sp³-hybridized carbons (Fsp3) is 0.0833. The van der Waals surface area contributed by atoms with Gasteiger partial charge in [-0.25, -0.2) is 4.39 Å². The lowest BCUT2D eigenvalue weighted by atomic mass is 10.0. The molecular formula is C12H9BrClFN2. The van der Waals surface area contributed by atoms with Crippen LogP contribution >= 0.6 is 27.5 Å². The topological polar surface area (TPSA) is 38.9 Å². The molecule has 0 radical (unpaired) electrons. The summed E-state index contributed by atoms with van der Waals surface area (Å²) in [4.78, 5) is 4.15. The Balaban J connectivity index is 2.36. The number of hydrogen-bond acceptors (Lipinski definition) is 2. The third-order valence-corrected chi connectivity index (χ3v) is 3.07. The number of nitrogens with zero attached hydrogens (tertiary/aromatic N) is 1. The van der Waals surface area contributed by atoms with Gasteiger partial charge in [-0.2, -0.15) is 0 Å². The fourth-order valence-electron chi connectivity index (χ4n) is 1.48. The third kappa shape index (κ3) is 2.83. The van der Waals surface area contributed by atoms with E-state index in [1.54, 1.807) is 24.4 Å². The van der Waals surface area contributed by atoms with Crippen LogP contribution in [0.3, 0.4) is 0 Å². The van der Waals surface area contributed by atoms with E-state index in [-0.39, 0.29) is 0 Å². The number of pyridine rings is 1. The lowest BCUT2D eigenvalue weighted by molar-refractivity contribution is 0.597.